The Morgan fingerprint density at radius 3 is 1.79 bits per heavy atom. The second kappa shape index (κ2) is 11.4. The topological polar surface area (TPSA) is 84.7 Å². The van der Waals surface area contributed by atoms with Crippen LogP contribution in [0.5, 0.6) is 0 Å². The maximum Gasteiger partial charge on any atom is 0.408 e. The van der Waals surface area contributed by atoms with Crippen LogP contribution in [-0.2, 0) is 29.0 Å². The number of anilines is 1. The van der Waals surface area contributed by atoms with E-state index in [1.54, 1.807) is 37.8 Å². The number of alkyl carbamates (subject to hydrolysis) is 1. The first-order valence-electron chi connectivity index (χ1n) is 11.4. The molecule has 0 spiro atoms. The molecule has 0 bridgehead atoms. The van der Waals surface area contributed by atoms with Crippen molar-refractivity contribution >= 4 is 17.7 Å². The Kier molecular flexibility index (Phi) is 8.30. The Labute approximate surface area is 201 Å². The number of rotatable bonds is 8. The van der Waals surface area contributed by atoms with Gasteiger partial charge in [-0.3, -0.25) is 4.79 Å². The molecule has 178 valence electrons. The quantitative estimate of drug-likeness (QED) is 0.468. The minimum Gasteiger partial charge on any atom is -0.444 e. The van der Waals surface area contributed by atoms with Crippen LogP contribution >= 0.6 is 0 Å². The van der Waals surface area contributed by atoms with E-state index >= 15 is 0 Å². The summed E-state index contributed by atoms with van der Waals surface area (Å²) in [7, 11) is 0. The first kappa shape index (κ1) is 24.8. The van der Waals surface area contributed by atoms with Gasteiger partial charge in [-0.1, -0.05) is 72.8 Å². The summed E-state index contributed by atoms with van der Waals surface area (Å²) < 4.78 is 5.45. The summed E-state index contributed by atoms with van der Waals surface area (Å²) in [6.45, 7) is 6.22. The van der Waals surface area contributed by atoms with Crippen molar-refractivity contribution in [2.75, 3.05) is 5.73 Å². The maximum atomic E-state index is 13.9. The summed E-state index contributed by atoms with van der Waals surface area (Å²) in [5.74, 6) is -0.185. The average molecular weight is 460 g/mol. The summed E-state index contributed by atoms with van der Waals surface area (Å²) >= 11 is 0. The summed E-state index contributed by atoms with van der Waals surface area (Å²) in [5.41, 5.74) is 8.70. The van der Waals surface area contributed by atoms with Crippen LogP contribution in [-0.4, -0.2) is 28.5 Å². The van der Waals surface area contributed by atoms with E-state index < -0.39 is 17.7 Å². The number of nitrogen functional groups attached to an aromatic ring is 1. The minimum atomic E-state index is -0.800. The van der Waals surface area contributed by atoms with Gasteiger partial charge in [0.25, 0.3) is 0 Å². The third-order valence-corrected chi connectivity index (χ3v) is 5.15. The number of hydrogen-bond acceptors (Lipinski definition) is 4. The number of nitrogens with one attached hydrogen (secondary N) is 1. The van der Waals surface area contributed by atoms with Crippen molar-refractivity contribution in [2.24, 2.45) is 0 Å². The van der Waals surface area contributed by atoms with Gasteiger partial charge < -0.3 is 20.7 Å². The Bertz CT molecular complexity index is 1020. The van der Waals surface area contributed by atoms with Crippen LogP contribution in [0.2, 0.25) is 0 Å². The molecule has 0 radical (unpaired) electrons. The van der Waals surface area contributed by atoms with Crippen LogP contribution in [0.25, 0.3) is 0 Å². The maximum absolute atomic E-state index is 13.9. The lowest BCUT2D eigenvalue weighted by Crippen LogP contribution is -2.50. The number of nitrogens with two attached hydrogens (primary N) is 1. The summed E-state index contributed by atoms with van der Waals surface area (Å²) in [4.78, 5) is 28.3. The molecule has 3 rings (SSSR count). The lowest BCUT2D eigenvalue weighted by Gasteiger charge is -2.29. The molecule has 0 aliphatic carbocycles. The molecule has 0 aliphatic rings. The first-order chi connectivity index (χ1) is 16.2. The summed E-state index contributed by atoms with van der Waals surface area (Å²) in [6, 6.07) is 26.1. The second-order valence-corrected chi connectivity index (χ2v) is 9.31. The van der Waals surface area contributed by atoms with Crippen LogP contribution in [0.1, 0.15) is 37.5 Å². The highest BCUT2D eigenvalue weighted by molar-refractivity contribution is 5.86. The lowest BCUT2D eigenvalue weighted by molar-refractivity contribution is -0.134. The average Bonchev–Trinajstić information content (AvgIpc) is 2.79. The van der Waals surface area contributed by atoms with Gasteiger partial charge >= 0.3 is 6.09 Å². The first-order valence-corrected chi connectivity index (χ1v) is 11.4. The molecule has 0 aromatic heterocycles. The van der Waals surface area contributed by atoms with E-state index in [0.29, 0.717) is 25.2 Å². The predicted octanol–water partition coefficient (Wildman–Crippen LogP) is 4.93. The number of nitrogens with zero attached hydrogens (tertiary/aromatic N) is 1. The molecule has 0 unspecified atom stereocenters. The fourth-order valence-corrected chi connectivity index (χ4v) is 3.58. The molecular formula is C28H33N3O3. The largest absolute Gasteiger partial charge is 0.444 e. The van der Waals surface area contributed by atoms with Crippen LogP contribution in [0.4, 0.5) is 10.5 Å². The lowest BCUT2D eigenvalue weighted by atomic mass is 10.0. The smallest absolute Gasteiger partial charge is 0.408 e. The molecule has 3 aromatic rings. The van der Waals surface area contributed by atoms with E-state index in [1.165, 1.54) is 0 Å². The van der Waals surface area contributed by atoms with E-state index in [1.807, 2.05) is 72.8 Å². The van der Waals surface area contributed by atoms with E-state index in [4.69, 9.17) is 10.5 Å². The monoisotopic (exact) mass is 459 g/mol. The Morgan fingerprint density at radius 2 is 1.32 bits per heavy atom. The van der Waals surface area contributed by atoms with Crippen molar-refractivity contribution in [3.8, 4) is 0 Å². The second-order valence-electron chi connectivity index (χ2n) is 9.31. The summed E-state index contributed by atoms with van der Waals surface area (Å²) in [6.07, 6.45) is -0.306. The fourth-order valence-electron chi connectivity index (χ4n) is 3.58. The van der Waals surface area contributed by atoms with E-state index in [-0.39, 0.29) is 5.91 Å². The molecule has 3 N–H and O–H groups in total. The van der Waals surface area contributed by atoms with Crippen molar-refractivity contribution in [1.29, 1.82) is 0 Å². The molecule has 6 heteroatoms. The van der Waals surface area contributed by atoms with Crippen molar-refractivity contribution in [3.05, 3.63) is 102 Å². The highest BCUT2D eigenvalue weighted by Crippen LogP contribution is 2.16. The van der Waals surface area contributed by atoms with Gasteiger partial charge in [0.15, 0.2) is 0 Å². The van der Waals surface area contributed by atoms with Crippen LogP contribution < -0.4 is 11.1 Å². The highest BCUT2D eigenvalue weighted by atomic mass is 16.6. The number of carbonyl (C=O) groups is 2. The summed E-state index contributed by atoms with van der Waals surface area (Å²) in [5, 5.41) is 2.80. The van der Waals surface area contributed by atoms with Gasteiger partial charge in [0.05, 0.1) is 0 Å². The van der Waals surface area contributed by atoms with Gasteiger partial charge in [-0.15, -0.1) is 0 Å². The SMILES string of the molecule is CC(C)(C)OC(=O)N[C@@H](Cc1ccc(N)cc1)C(=O)N(Cc1ccccc1)Cc1ccccc1. The van der Waals surface area contributed by atoms with Crippen molar-refractivity contribution < 1.29 is 14.3 Å². The van der Waals surface area contributed by atoms with E-state index in [9.17, 15) is 9.59 Å². The zero-order valence-electron chi connectivity index (χ0n) is 20.0. The minimum absolute atomic E-state index is 0.185. The van der Waals surface area contributed by atoms with Crippen LogP contribution in [0.3, 0.4) is 0 Å². The van der Waals surface area contributed by atoms with Crippen LogP contribution in [0.15, 0.2) is 84.9 Å². The molecule has 0 aliphatic heterocycles. The van der Waals surface area contributed by atoms with Gasteiger partial charge in [-0.05, 0) is 49.6 Å². The normalized spacial score (nSPS) is 12.0. The third-order valence-electron chi connectivity index (χ3n) is 5.15. The standard InChI is InChI=1S/C28H33N3O3/c1-28(2,3)34-27(33)30-25(18-21-14-16-24(29)17-15-21)26(32)31(19-22-10-6-4-7-11-22)20-23-12-8-5-9-13-23/h4-17,25H,18-20,29H2,1-3H3,(H,30,33)/t25-/m0/s1. The Morgan fingerprint density at radius 1 is 0.824 bits per heavy atom. The predicted molar refractivity (Wildman–Crippen MR) is 135 cm³/mol. The molecule has 0 heterocycles. The highest BCUT2D eigenvalue weighted by Gasteiger charge is 2.28. The Hall–Kier alpha value is -3.80. The van der Waals surface area contributed by atoms with Crippen molar-refractivity contribution in [2.45, 2.75) is 51.9 Å². The molecule has 1 atom stereocenters. The molecular weight excluding hydrogens is 426 g/mol. The van der Waals surface area contributed by atoms with Gasteiger partial charge in [0.2, 0.25) is 5.91 Å². The van der Waals surface area contributed by atoms with Gasteiger partial charge in [0, 0.05) is 25.2 Å². The molecule has 2 amide bonds. The van der Waals surface area contributed by atoms with Crippen LogP contribution in [0, 0.1) is 0 Å². The third kappa shape index (κ3) is 7.96. The number of hydrogen-bond donors (Lipinski definition) is 2. The number of benzene rings is 3. The molecule has 0 saturated carbocycles. The van der Waals surface area contributed by atoms with Gasteiger partial charge in [-0.2, -0.15) is 0 Å². The van der Waals surface area contributed by atoms with Gasteiger partial charge in [-0.25, -0.2) is 4.79 Å². The molecule has 0 fully saturated rings. The fraction of sp³-hybridized carbons (Fsp3) is 0.286. The van der Waals surface area contributed by atoms with Crippen molar-refractivity contribution in [1.82, 2.24) is 10.2 Å². The molecule has 3 aromatic carbocycles. The zero-order valence-corrected chi connectivity index (χ0v) is 20.0. The zero-order chi connectivity index (χ0) is 24.6. The van der Waals surface area contributed by atoms with Gasteiger partial charge in [0.1, 0.15) is 11.6 Å². The van der Waals surface area contributed by atoms with E-state index in [0.717, 1.165) is 16.7 Å². The Balaban J connectivity index is 1.88. The number of amides is 2. The number of carbonyl (C=O) groups excluding carboxylic acids is 2. The molecule has 6 nitrogen and oxygen atoms in total. The van der Waals surface area contributed by atoms with E-state index in [2.05, 4.69) is 5.32 Å². The van der Waals surface area contributed by atoms with Crippen molar-refractivity contribution in [3.63, 3.8) is 0 Å². The number of ether oxygens (including phenoxy) is 1. The molecule has 0 saturated heterocycles. The molecule has 34 heavy (non-hydrogen) atoms.